The van der Waals surface area contributed by atoms with Crippen LogP contribution in [0.5, 0.6) is 0 Å². The molecule has 1 aliphatic carbocycles. The third kappa shape index (κ3) is 4.44. The van der Waals surface area contributed by atoms with Gasteiger partial charge in [0.1, 0.15) is 5.60 Å². The number of carbonyl (C=O) groups is 2. The Kier molecular flexibility index (Phi) is 5.59. The van der Waals surface area contributed by atoms with Gasteiger partial charge in [-0.25, -0.2) is 9.59 Å². The summed E-state index contributed by atoms with van der Waals surface area (Å²) in [5.41, 5.74) is 1.85. The lowest BCUT2D eigenvalue weighted by Crippen LogP contribution is -2.36. The van der Waals surface area contributed by atoms with Gasteiger partial charge in [-0.2, -0.15) is 0 Å². The topological polar surface area (TPSA) is 52.6 Å². The minimum atomic E-state index is -0.599. The first-order valence-corrected chi connectivity index (χ1v) is 8.04. The quantitative estimate of drug-likeness (QED) is 0.612. The standard InChI is InChI=1S/C19H24O4/c1-14(2)18(21)22-13-17(20)23-19(11-5-4-6-12-19)16-9-7-15(3)8-10-16/h7-10H,1,4-6,11-13H2,2-3H3. The molecule has 0 amide bonds. The first-order valence-electron chi connectivity index (χ1n) is 8.04. The van der Waals surface area contributed by atoms with Crippen molar-refractivity contribution in [3.63, 3.8) is 0 Å². The number of benzene rings is 1. The van der Waals surface area contributed by atoms with E-state index >= 15 is 0 Å². The fourth-order valence-electron chi connectivity index (χ4n) is 2.92. The Balaban J connectivity index is 2.09. The van der Waals surface area contributed by atoms with Crippen LogP contribution in [0.4, 0.5) is 0 Å². The van der Waals surface area contributed by atoms with Crippen molar-refractivity contribution in [1.29, 1.82) is 0 Å². The van der Waals surface area contributed by atoms with Crippen molar-refractivity contribution in [3.8, 4) is 0 Å². The molecule has 1 saturated carbocycles. The van der Waals surface area contributed by atoms with Crippen molar-refractivity contribution in [2.24, 2.45) is 0 Å². The normalized spacial score (nSPS) is 16.4. The minimum absolute atomic E-state index is 0.267. The van der Waals surface area contributed by atoms with Crippen LogP contribution < -0.4 is 0 Å². The van der Waals surface area contributed by atoms with Gasteiger partial charge in [0.2, 0.25) is 0 Å². The van der Waals surface area contributed by atoms with E-state index in [1.807, 2.05) is 31.2 Å². The second-order valence-electron chi connectivity index (χ2n) is 6.25. The van der Waals surface area contributed by atoms with Crippen LogP contribution in [-0.2, 0) is 24.7 Å². The summed E-state index contributed by atoms with van der Waals surface area (Å²) in [6, 6.07) is 8.10. The monoisotopic (exact) mass is 316 g/mol. The molecule has 1 fully saturated rings. The van der Waals surface area contributed by atoms with Gasteiger partial charge >= 0.3 is 11.9 Å². The molecule has 0 heterocycles. The third-order valence-electron chi connectivity index (χ3n) is 4.22. The van der Waals surface area contributed by atoms with E-state index in [1.54, 1.807) is 6.92 Å². The summed E-state index contributed by atoms with van der Waals surface area (Å²) in [5.74, 6) is -1.09. The lowest BCUT2D eigenvalue weighted by Gasteiger charge is -2.37. The summed E-state index contributed by atoms with van der Waals surface area (Å²) in [5, 5.41) is 0. The smallest absolute Gasteiger partial charge is 0.345 e. The van der Waals surface area contributed by atoms with Gasteiger partial charge in [-0.05, 0) is 45.1 Å². The maximum atomic E-state index is 12.2. The first kappa shape index (κ1) is 17.3. The van der Waals surface area contributed by atoms with Gasteiger partial charge in [0, 0.05) is 5.57 Å². The van der Waals surface area contributed by atoms with Gasteiger partial charge in [-0.15, -0.1) is 0 Å². The minimum Gasteiger partial charge on any atom is -0.452 e. The molecule has 0 bridgehead atoms. The van der Waals surface area contributed by atoms with Crippen LogP contribution >= 0.6 is 0 Å². The lowest BCUT2D eigenvalue weighted by molar-refractivity contribution is -0.173. The SMILES string of the molecule is C=C(C)C(=O)OCC(=O)OC1(c2ccc(C)cc2)CCCCC1. The van der Waals surface area contributed by atoms with Crippen LogP contribution in [0.3, 0.4) is 0 Å². The Morgan fingerprint density at radius 3 is 2.30 bits per heavy atom. The van der Waals surface area contributed by atoms with E-state index in [4.69, 9.17) is 9.47 Å². The molecule has 4 heteroatoms. The molecule has 0 saturated heterocycles. The second-order valence-corrected chi connectivity index (χ2v) is 6.25. The Hall–Kier alpha value is -2.10. The highest BCUT2D eigenvalue weighted by Gasteiger charge is 2.37. The van der Waals surface area contributed by atoms with E-state index in [9.17, 15) is 9.59 Å². The molecule has 0 N–H and O–H groups in total. The molecule has 124 valence electrons. The largest absolute Gasteiger partial charge is 0.452 e. The van der Waals surface area contributed by atoms with Crippen LogP contribution in [0, 0.1) is 6.92 Å². The molecule has 1 aromatic rings. The summed E-state index contributed by atoms with van der Waals surface area (Å²) in [6.07, 6.45) is 4.79. The van der Waals surface area contributed by atoms with Gasteiger partial charge in [-0.3, -0.25) is 0 Å². The first-order chi connectivity index (χ1) is 10.9. The predicted octanol–water partition coefficient (Wildman–Crippen LogP) is 3.82. The molecule has 2 rings (SSSR count). The Labute approximate surface area is 137 Å². The number of hydrogen-bond donors (Lipinski definition) is 0. The average molecular weight is 316 g/mol. The summed E-state index contributed by atoms with van der Waals surface area (Å²) in [7, 11) is 0. The number of esters is 2. The van der Waals surface area contributed by atoms with E-state index in [1.165, 1.54) is 5.56 Å². The molecule has 0 atom stereocenters. The van der Waals surface area contributed by atoms with E-state index < -0.39 is 17.5 Å². The summed E-state index contributed by atoms with van der Waals surface area (Å²) < 4.78 is 10.7. The Bertz CT molecular complexity index is 580. The molecule has 0 aliphatic heterocycles. The van der Waals surface area contributed by atoms with Crippen LogP contribution in [0.1, 0.15) is 50.2 Å². The zero-order valence-electron chi connectivity index (χ0n) is 13.9. The van der Waals surface area contributed by atoms with E-state index in [0.29, 0.717) is 0 Å². The Morgan fingerprint density at radius 1 is 1.13 bits per heavy atom. The van der Waals surface area contributed by atoms with Crippen molar-refractivity contribution < 1.29 is 19.1 Å². The number of rotatable bonds is 5. The molecule has 0 spiro atoms. The molecular formula is C19H24O4. The molecule has 1 aliphatic rings. The molecule has 1 aromatic carbocycles. The molecule has 23 heavy (non-hydrogen) atoms. The molecule has 4 nitrogen and oxygen atoms in total. The van der Waals surface area contributed by atoms with Crippen LogP contribution in [-0.4, -0.2) is 18.5 Å². The predicted molar refractivity (Wildman–Crippen MR) is 87.8 cm³/mol. The molecule has 0 aromatic heterocycles. The number of ether oxygens (including phenoxy) is 2. The van der Waals surface area contributed by atoms with E-state index in [0.717, 1.165) is 37.7 Å². The maximum Gasteiger partial charge on any atom is 0.345 e. The number of hydrogen-bond acceptors (Lipinski definition) is 4. The summed E-state index contributed by atoms with van der Waals surface area (Å²) in [6.45, 7) is 6.69. The Morgan fingerprint density at radius 2 is 1.74 bits per heavy atom. The van der Waals surface area contributed by atoms with Gasteiger partial charge in [-0.1, -0.05) is 42.8 Å². The van der Waals surface area contributed by atoms with Gasteiger partial charge in [0.15, 0.2) is 6.61 Å². The van der Waals surface area contributed by atoms with Gasteiger partial charge < -0.3 is 9.47 Å². The van der Waals surface area contributed by atoms with Crippen molar-refractivity contribution >= 4 is 11.9 Å². The molecule has 0 radical (unpaired) electrons. The van der Waals surface area contributed by atoms with E-state index in [2.05, 4.69) is 6.58 Å². The highest BCUT2D eigenvalue weighted by atomic mass is 16.6. The van der Waals surface area contributed by atoms with Crippen LogP contribution in [0.25, 0.3) is 0 Å². The summed E-state index contributed by atoms with van der Waals surface area (Å²) in [4.78, 5) is 23.6. The number of aryl methyl sites for hydroxylation is 1. The van der Waals surface area contributed by atoms with E-state index in [-0.39, 0.29) is 12.2 Å². The van der Waals surface area contributed by atoms with Crippen molar-refractivity contribution in [2.45, 2.75) is 51.6 Å². The second kappa shape index (κ2) is 7.44. The maximum absolute atomic E-state index is 12.2. The number of carbonyl (C=O) groups excluding carboxylic acids is 2. The zero-order valence-corrected chi connectivity index (χ0v) is 13.9. The average Bonchev–Trinajstić information content (AvgIpc) is 2.54. The fourth-order valence-corrected chi connectivity index (χ4v) is 2.92. The zero-order chi connectivity index (χ0) is 16.9. The highest BCUT2D eigenvalue weighted by Crippen LogP contribution is 2.40. The van der Waals surface area contributed by atoms with Crippen molar-refractivity contribution in [2.75, 3.05) is 6.61 Å². The lowest BCUT2D eigenvalue weighted by atomic mass is 9.79. The van der Waals surface area contributed by atoms with Crippen molar-refractivity contribution in [1.82, 2.24) is 0 Å². The molecular weight excluding hydrogens is 292 g/mol. The van der Waals surface area contributed by atoms with Crippen LogP contribution in [0.2, 0.25) is 0 Å². The fraction of sp³-hybridized carbons (Fsp3) is 0.474. The summed E-state index contributed by atoms with van der Waals surface area (Å²) >= 11 is 0. The van der Waals surface area contributed by atoms with Gasteiger partial charge in [0.25, 0.3) is 0 Å². The third-order valence-corrected chi connectivity index (χ3v) is 4.22. The van der Waals surface area contributed by atoms with Crippen molar-refractivity contribution in [3.05, 3.63) is 47.5 Å². The van der Waals surface area contributed by atoms with Gasteiger partial charge in [0.05, 0.1) is 0 Å². The highest BCUT2D eigenvalue weighted by molar-refractivity contribution is 5.88. The molecule has 0 unspecified atom stereocenters. The van der Waals surface area contributed by atoms with Crippen LogP contribution in [0.15, 0.2) is 36.4 Å².